The van der Waals surface area contributed by atoms with Gasteiger partial charge in [0.1, 0.15) is 5.60 Å². The van der Waals surface area contributed by atoms with Crippen LogP contribution in [0.1, 0.15) is 46.6 Å². The third-order valence-electron chi connectivity index (χ3n) is 4.26. The molecule has 136 valence electrons. The average molecular weight is 347 g/mol. The van der Waals surface area contributed by atoms with Crippen molar-refractivity contribution in [3.05, 3.63) is 35.9 Å². The summed E-state index contributed by atoms with van der Waals surface area (Å²) in [4.78, 5) is 38.6. The van der Waals surface area contributed by atoms with E-state index in [2.05, 4.69) is 0 Å². The van der Waals surface area contributed by atoms with E-state index in [1.54, 1.807) is 58.9 Å². The molecular formula is C19H25NO5. The molecule has 1 atom stereocenters. The SMILES string of the molecule is CC(C)(C)OC(=O)N1C(=O)C(C)(C)C[C@]1(Cc1ccccc1)C(=O)O. The van der Waals surface area contributed by atoms with Gasteiger partial charge < -0.3 is 9.84 Å². The summed E-state index contributed by atoms with van der Waals surface area (Å²) in [5.41, 5.74) is -2.72. The number of ether oxygens (including phenoxy) is 1. The van der Waals surface area contributed by atoms with Crippen molar-refractivity contribution in [3.63, 3.8) is 0 Å². The number of hydrogen-bond acceptors (Lipinski definition) is 4. The third kappa shape index (κ3) is 3.67. The van der Waals surface area contributed by atoms with Crippen LogP contribution in [0.5, 0.6) is 0 Å². The first-order valence-electron chi connectivity index (χ1n) is 8.24. The maximum Gasteiger partial charge on any atom is 0.418 e. The first-order chi connectivity index (χ1) is 11.4. The minimum atomic E-state index is -1.66. The van der Waals surface area contributed by atoms with E-state index >= 15 is 0 Å². The summed E-state index contributed by atoms with van der Waals surface area (Å²) in [5.74, 6) is -1.73. The summed E-state index contributed by atoms with van der Waals surface area (Å²) in [5, 5.41) is 9.99. The second-order valence-corrected chi connectivity index (χ2v) is 8.18. The van der Waals surface area contributed by atoms with E-state index in [-0.39, 0.29) is 12.8 Å². The number of carbonyl (C=O) groups is 3. The number of aliphatic carboxylic acids is 1. The number of nitrogens with zero attached hydrogens (tertiary/aromatic N) is 1. The third-order valence-corrected chi connectivity index (χ3v) is 4.26. The van der Waals surface area contributed by atoms with Crippen LogP contribution in [0.25, 0.3) is 0 Å². The molecule has 0 aliphatic carbocycles. The highest BCUT2D eigenvalue weighted by Gasteiger charge is 2.62. The number of amides is 2. The van der Waals surface area contributed by atoms with E-state index in [4.69, 9.17) is 4.74 Å². The molecule has 1 heterocycles. The highest BCUT2D eigenvalue weighted by atomic mass is 16.6. The van der Waals surface area contributed by atoms with Crippen molar-refractivity contribution < 1.29 is 24.2 Å². The normalized spacial score (nSPS) is 22.8. The molecule has 0 aromatic heterocycles. The Morgan fingerprint density at radius 3 is 2.24 bits per heavy atom. The summed E-state index contributed by atoms with van der Waals surface area (Å²) >= 11 is 0. The van der Waals surface area contributed by atoms with E-state index in [0.29, 0.717) is 0 Å². The molecule has 2 rings (SSSR count). The summed E-state index contributed by atoms with van der Waals surface area (Å²) in [7, 11) is 0. The zero-order chi connectivity index (χ0) is 19.0. The number of imide groups is 1. The molecule has 0 saturated carbocycles. The molecule has 0 radical (unpaired) electrons. The molecular weight excluding hydrogens is 322 g/mol. The lowest BCUT2D eigenvalue weighted by molar-refractivity contribution is -0.153. The lowest BCUT2D eigenvalue weighted by Crippen LogP contribution is -2.57. The predicted molar refractivity (Wildman–Crippen MR) is 92.0 cm³/mol. The van der Waals surface area contributed by atoms with Crippen LogP contribution in [0.4, 0.5) is 4.79 Å². The molecule has 2 amide bonds. The van der Waals surface area contributed by atoms with Crippen LogP contribution in [-0.2, 0) is 20.7 Å². The fraction of sp³-hybridized carbons (Fsp3) is 0.526. The Kier molecular flexibility index (Phi) is 4.68. The van der Waals surface area contributed by atoms with Crippen molar-refractivity contribution in [2.24, 2.45) is 5.41 Å². The number of rotatable bonds is 3. The second kappa shape index (κ2) is 6.17. The largest absolute Gasteiger partial charge is 0.479 e. The topological polar surface area (TPSA) is 83.9 Å². The van der Waals surface area contributed by atoms with E-state index in [1.165, 1.54) is 0 Å². The molecule has 0 spiro atoms. The quantitative estimate of drug-likeness (QED) is 0.907. The molecule has 1 aromatic carbocycles. The zero-order valence-corrected chi connectivity index (χ0v) is 15.3. The minimum absolute atomic E-state index is 0.0301. The Morgan fingerprint density at radius 1 is 1.20 bits per heavy atom. The van der Waals surface area contributed by atoms with Crippen molar-refractivity contribution in [2.45, 2.75) is 58.6 Å². The van der Waals surface area contributed by atoms with Gasteiger partial charge in [0.05, 0.1) is 0 Å². The Labute approximate surface area is 147 Å². The van der Waals surface area contributed by atoms with Crippen molar-refractivity contribution in [3.8, 4) is 0 Å². The fourth-order valence-corrected chi connectivity index (χ4v) is 3.27. The molecule has 1 saturated heterocycles. The molecule has 6 heteroatoms. The number of likely N-dealkylation sites (tertiary alicyclic amines) is 1. The summed E-state index contributed by atoms with van der Waals surface area (Å²) in [6.45, 7) is 8.34. The highest BCUT2D eigenvalue weighted by Crippen LogP contribution is 2.45. The lowest BCUT2D eigenvalue weighted by Gasteiger charge is -2.34. The molecule has 0 unspecified atom stereocenters. The Bertz CT molecular complexity index is 690. The van der Waals surface area contributed by atoms with Crippen LogP contribution < -0.4 is 0 Å². The van der Waals surface area contributed by atoms with Gasteiger partial charge in [-0.3, -0.25) is 4.79 Å². The van der Waals surface area contributed by atoms with E-state index in [1.807, 2.05) is 6.07 Å². The minimum Gasteiger partial charge on any atom is -0.479 e. The Balaban J connectivity index is 2.52. The first-order valence-corrected chi connectivity index (χ1v) is 8.24. The van der Waals surface area contributed by atoms with Gasteiger partial charge in [-0.2, -0.15) is 0 Å². The zero-order valence-electron chi connectivity index (χ0n) is 15.3. The van der Waals surface area contributed by atoms with Crippen LogP contribution >= 0.6 is 0 Å². The van der Waals surface area contributed by atoms with Gasteiger partial charge in [-0.1, -0.05) is 44.2 Å². The van der Waals surface area contributed by atoms with Gasteiger partial charge in [0, 0.05) is 11.8 Å². The number of carboxylic acids is 1. The number of benzene rings is 1. The van der Waals surface area contributed by atoms with Gasteiger partial charge in [0.15, 0.2) is 5.54 Å². The van der Waals surface area contributed by atoms with Gasteiger partial charge in [0.2, 0.25) is 5.91 Å². The van der Waals surface area contributed by atoms with Crippen molar-refractivity contribution in [1.82, 2.24) is 4.90 Å². The molecule has 1 aromatic rings. The Hall–Kier alpha value is -2.37. The Morgan fingerprint density at radius 2 is 1.76 bits per heavy atom. The van der Waals surface area contributed by atoms with E-state index in [0.717, 1.165) is 10.5 Å². The molecule has 6 nitrogen and oxygen atoms in total. The van der Waals surface area contributed by atoms with Crippen molar-refractivity contribution in [1.29, 1.82) is 0 Å². The fourth-order valence-electron chi connectivity index (χ4n) is 3.27. The van der Waals surface area contributed by atoms with Crippen LogP contribution in [0.2, 0.25) is 0 Å². The van der Waals surface area contributed by atoms with Gasteiger partial charge in [-0.15, -0.1) is 0 Å². The van der Waals surface area contributed by atoms with Crippen LogP contribution in [-0.4, -0.2) is 39.1 Å². The maximum absolute atomic E-state index is 12.8. The monoisotopic (exact) mass is 347 g/mol. The highest BCUT2D eigenvalue weighted by molar-refractivity contribution is 6.04. The van der Waals surface area contributed by atoms with Crippen molar-refractivity contribution >= 4 is 18.0 Å². The summed E-state index contributed by atoms with van der Waals surface area (Å²) < 4.78 is 5.33. The standard InChI is InChI=1S/C19H25NO5/c1-17(2,3)25-16(24)20-14(21)18(4,5)12-19(20,15(22)23)11-13-9-7-6-8-10-13/h6-10H,11-12H2,1-5H3,(H,22,23)/t19-/m1/s1. The second-order valence-electron chi connectivity index (χ2n) is 8.18. The maximum atomic E-state index is 12.8. The smallest absolute Gasteiger partial charge is 0.418 e. The van der Waals surface area contributed by atoms with Crippen LogP contribution in [0, 0.1) is 5.41 Å². The number of hydrogen-bond donors (Lipinski definition) is 1. The summed E-state index contributed by atoms with van der Waals surface area (Å²) in [6.07, 6.45) is -0.846. The first kappa shape index (κ1) is 19.0. The van der Waals surface area contributed by atoms with Crippen molar-refractivity contribution in [2.75, 3.05) is 0 Å². The molecule has 1 aliphatic heterocycles. The summed E-state index contributed by atoms with van der Waals surface area (Å²) in [6, 6.07) is 8.99. The lowest BCUT2D eigenvalue weighted by atomic mass is 9.80. The molecule has 1 fully saturated rings. The number of carboxylic acid groups (broad SMARTS) is 1. The van der Waals surface area contributed by atoms with Crippen LogP contribution in [0.15, 0.2) is 30.3 Å². The molecule has 25 heavy (non-hydrogen) atoms. The molecule has 0 bridgehead atoms. The van der Waals surface area contributed by atoms with E-state index in [9.17, 15) is 19.5 Å². The predicted octanol–water partition coefficient (Wildman–Crippen LogP) is 3.25. The van der Waals surface area contributed by atoms with Crippen LogP contribution in [0.3, 0.4) is 0 Å². The van der Waals surface area contributed by atoms with E-state index < -0.39 is 34.5 Å². The van der Waals surface area contributed by atoms with Gasteiger partial charge in [-0.05, 0) is 32.8 Å². The van der Waals surface area contributed by atoms with Gasteiger partial charge in [0.25, 0.3) is 0 Å². The average Bonchev–Trinajstić information content (AvgIpc) is 2.65. The van der Waals surface area contributed by atoms with Gasteiger partial charge in [-0.25, -0.2) is 14.5 Å². The van der Waals surface area contributed by atoms with Gasteiger partial charge >= 0.3 is 12.1 Å². The molecule has 1 N–H and O–H groups in total. The molecule has 1 aliphatic rings. The number of carbonyl (C=O) groups excluding carboxylic acids is 2.